The molecule has 2 N–H and O–H groups in total. The molecule has 0 radical (unpaired) electrons. The quantitative estimate of drug-likeness (QED) is 0.832. The third kappa shape index (κ3) is 4.50. The summed E-state index contributed by atoms with van der Waals surface area (Å²) in [6.07, 6.45) is -0.273. The van der Waals surface area contributed by atoms with Crippen LogP contribution in [0.25, 0.3) is 0 Å². The highest BCUT2D eigenvalue weighted by molar-refractivity contribution is 5.68. The molecule has 0 aromatic heterocycles. The van der Waals surface area contributed by atoms with E-state index < -0.39 is 18.2 Å². The van der Waals surface area contributed by atoms with Crippen molar-refractivity contribution < 1.29 is 19.7 Å². The van der Waals surface area contributed by atoms with Gasteiger partial charge in [-0.3, -0.25) is 0 Å². The van der Waals surface area contributed by atoms with Crippen LogP contribution in [0.1, 0.15) is 35.6 Å². The molecule has 28 heavy (non-hydrogen) atoms. The number of ether oxygens (including phenoxy) is 1. The van der Waals surface area contributed by atoms with Crippen molar-refractivity contribution in [3.8, 4) is 6.07 Å². The van der Waals surface area contributed by atoms with Gasteiger partial charge < -0.3 is 19.8 Å². The Morgan fingerprint density at radius 2 is 1.89 bits per heavy atom. The highest BCUT2D eigenvalue weighted by Gasteiger charge is 2.40. The van der Waals surface area contributed by atoms with Crippen molar-refractivity contribution in [2.24, 2.45) is 5.92 Å². The van der Waals surface area contributed by atoms with Gasteiger partial charge in [0.1, 0.15) is 6.61 Å². The highest BCUT2D eigenvalue weighted by atomic mass is 16.6. The summed E-state index contributed by atoms with van der Waals surface area (Å²) >= 11 is 0. The number of nitriles is 1. The third-order valence-electron chi connectivity index (χ3n) is 5.18. The summed E-state index contributed by atoms with van der Waals surface area (Å²) in [5, 5.41) is 29.0. The summed E-state index contributed by atoms with van der Waals surface area (Å²) in [5.74, 6) is -0.309. The van der Waals surface area contributed by atoms with E-state index in [0.29, 0.717) is 24.9 Å². The van der Waals surface area contributed by atoms with E-state index in [2.05, 4.69) is 6.07 Å². The molecule has 1 aliphatic heterocycles. The van der Waals surface area contributed by atoms with Crippen molar-refractivity contribution in [3.63, 3.8) is 0 Å². The molecule has 2 aromatic rings. The van der Waals surface area contributed by atoms with E-state index in [1.54, 1.807) is 29.2 Å². The summed E-state index contributed by atoms with van der Waals surface area (Å²) < 4.78 is 5.52. The summed E-state index contributed by atoms with van der Waals surface area (Å²) in [4.78, 5) is 14.5. The molecular weight excluding hydrogens is 356 g/mol. The van der Waals surface area contributed by atoms with Crippen LogP contribution in [0.4, 0.5) is 4.79 Å². The van der Waals surface area contributed by atoms with Crippen LogP contribution in [0, 0.1) is 17.2 Å². The summed E-state index contributed by atoms with van der Waals surface area (Å²) in [5.41, 5.74) is 2.24. The summed E-state index contributed by atoms with van der Waals surface area (Å²) in [7, 11) is 0. The largest absolute Gasteiger partial charge is 0.445 e. The molecule has 3 unspecified atom stereocenters. The second-order valence-electron chi connectivity index (χ2n) is 6.94. The number of nitrogens with zero attached hydrogens (tertiary/aromatic N) is 2. The number of carbonyl (C=O) groups excluding carboxylic acids is 1. The van der Waals surface area contributed by atoms with Crippen LogP contribution < -0.4 is 0 Å². The zero-order chi connectivity index (χ0) is 19.9. The Morgan fingerprint density at radius 3 is 2.54 bits per heavy atom. The SMILES string of the molecule is N#Cc1ccc(C2C(CCO)C(O)CCN2C(=O)OCc2ccccc2)cc1. The van der Waals surface area contributed by atoms with E-state index >= 15 is 0 Å². The molecule has 2 aromatic carbocycles. The second kappa shape index (κ2) is 9.36. The zero-order valence-electron chi connectivity index (χ0n) is 15.6. The first-order valence-electron chi connectivity index (χ1n) is 9.40. The summed E-state index contributed by atoms with van der Waals surface area (Å²) in [6.45, 7) is 0.451. The van der Waals surface area contributed by atoms with Crippen molar-refractivity contribution in [1.29, 1.82) is 5.26 Å². The number of hydrogen-bond donors (Lipinski definition) is 2. The van der Waals surface area contributed by atoms with Gasteiger partial charge in [0.05, 0.1) is 23.8 Å². The molecular formula is C22H24N2O4. The molecule has 6 heteroatoms. The minimum absolute atomic E-state index is 0.0819. The van der Waals surface area contributed by atoms with Gasteiger partial charge in [0.2, 0.25) is 0 Å². The maximum atomic E-state index is 12.8. The van der Waals surface area contributed by atoms with Crippen molar-refractivity contribution in [2.45, 2.75) is 31.6 Å². The maximum absolute atomic E-state index is 12.8. The normalized spacial score (nSPS) is 21.8. The maximum Gasteiger partial charge on any atom is 0.410 e. The van der Waals surface area contributed by atoms with E-state index in [9.17, 15) is 15.0 Å². The predicted molar refractivity (Wildman–Crippen MR) is 103 cm³/mol. The average molecular weight is 380 g/mol. The van der Waals surface area contributed by atoms with Crippen LogP contribution in [-0.4, -0.2) is 40.5 Å². The number of piperidine rings is 1. The van der Waals surface area contributed by atoms with E-state index in [-0.39, 0.29) is 19.1 Å². The van der Waals surface area contributed by atoms with Gasteiger partial charge in [-0.25, -0.2) is 4.79 Å². The number of hydrogen-bond acceptors (Lipinski definition) is 5. The fourth-order valence-corrected chi connectivity index (χ4v) is 3.75. The van der Waals surface area contributed by atoms with Gasteiger partial charge in [-0.15, -0.1) is 0 Å². The zero-order valence-corrected chi connectivity index (χ0v) is 15.6. The molecule has 146 valence electrons. The Balaban J connectivity index is 1.83. The van der Waals surface area contributed by atoms with Crippen LogP contribution in [0.15, 0.2) is 54.6 Å². The molecule has 1 amide bonds. The smallest absolute Gasteiger partial charge is 0.410 e. The molecule has 6 nitrogen and oxygen atoms in total. The molecule has 3 atom stereocenters. The lowest BCUT2D eigenvalue weighted by atomic mass is 9.80. The number of aliphatic hydroxyl groups is 2. The molecule has 1 saturated heterocycles. The van der Waals surface area contributed by atoms with Gasteiger partial charge in [-0.2, -0.15) is 5.26 Å². The first kappa shape index (κ1) is 19.9. The predicted octanol–water partition coefficient (Wildman–Crippen LogP) is 3.00. The minimum atomic E-state index is -0.619. The van der Waals surface area contributed by atoms with Crippen molar-refractivity contribution in [3.05, 3.63) is 71.3 Å². The number of rotatable bonds is 5. The molecule has 0 saturated carbocycles. The minimum Gasteiger partial charge on any atom is -0.445 e. The highest BCUT2D eigenvalue weighted by Crippen LogP contribution is 2.38. The second-order valence-corrected chi connectivity index (χ2v) is 6.94. The average Bonchev–Trinajstić information content (AvgIpc) is 2.74. The monoisotopic (exact) mass is 380 g/mol. The van der Waals surface area contributed by atoms with E-state index in [1.807, 2.05) is 30.3 Å². The van der Waals surface area contributed by atoms with Gasteiger partial charge in [-0.1, -0.05) is 42.5 Å². The fraction of sp³-hybridized carbons (Fsp3) is 0.364. The van der Waals surface area contributed by atoms with Gasteiger partial charge in [-0.05, 0) is 36.1 Å². The topological polar surface area (TPSA) is 93.8 Å². The Hall–Kier alpha value is -2.88. The van der Waals surface area contributed by atoms with E-state index in [1.165, 1.54) is 0 Å². The molecule has 1 heterocycles. The van der Waals surface area contributed by atoms with Crippen LogP contribution in [0.5, 0.6) is 0 Å². The standard InChI is InChI=1S/C22H24N2O4/c23-14-16-6-8-18(9-7-16)21-19(11-13-25)20(26)10-12-24(21)22(27)28-15-17-4-2-1-3-5-17/h1-9,19-21,25-26H,10-13,15H2. The lowest BCUT2D eigenvalue weighted by molar-refractivity contribution is -0.0272. The molecule has 0 bridgehead atoms. The Morgan fingerprint density at radius 1 is 1.18 bits per heavy atom. The number of benzene rings is 2. The fourth-order valence-electron chi connectivity index (χ4n) is 3.75. The lowest BCUT2D eigenvalue weighted by Crippen LogP contribution is -2.48. The number of likely N-dealkylation sites (tertiary alicyclic amines) is 1. The molecule has 3 rings (SSSR count). The molecule has 0 spiro atoms. The van der Waals surface area contributed by atoms with E-state index in [4.69, 9.17) is 10.00 Å². The van der Waals surface area contributed by atoms with Crippen molar-refractivity contribution >= 4 is 6.09 Å². The van der Waals surface area contributed by atoms with Gasteiger partial charge in [0.25, 0.3) is 0 Å². The van der Waals surface area contributed by atoms with Gasteiger partial charge in [0.15, 0.2) is 0 Å². The Labute approximate surface area is 164 Å². The van der Waals surface area contributed by atoms with Crippen LogP contribution in [0.2, 0.25) is 0 Å². The van der Waals surface area contributed by atoms with Gasteiger partial charge >= 0.3 is 6.09 Å². The van der Waals surface area contributed by atoms with Crippen LogP contribution in [-0.2, 0) is 11.3 Å². The van der Waals surface area contributed by atoms with Crippen LogP contribution in [0.3, 0.4) is 0 Å². The van der Waals surface area contributed by atoms with E-state index in [0.717, 1.165) is 11.1 Å². The number of aliphatic hydroxyl groups excluding tert-OH is 2. The molecule has 1 fully saturated rings. The molecule has 0 aliphatic carbocycles. The lowest BCUT2D eigenvalue weighted by Gasteiger charge is -2.43. The van der Waals surface area contributed by atoms with Gasteiger partial charge in [0, 0.05) is 19.1 Å². The Bertz CT molecular complexity index is 817. The van der Waals surface area contributed by atoms with Crippen molar-refractivity contribution in [1.82, 2.24) is 4.90 Å². The number of amides is 1. The first-order valence-corrected chi connectivity index (χ1v) is 9.40. The third-order valence-corrected chi connectivity index (χ3v) is 5.18. The molecule has 1 aliphatic rings. The first-order chi connectivity index (χ1) is 13.6. The summed E-state index contributed by atoms with van der Waals surface area (Å²) in [6, 6.07) is 18.1. The van der Waals surface area contributed by atoms with Crippen molar-refractivity contribution in [2.75, 3.05) is 13.2 Å². The van der Waals surface area contributed by atoms with Crippen LogP contribution >= 0.6 is 0 Å². The number of carbonyl (C=O) groups is 1. The Kier molecular flexibility index (Phi) is 6.64.